The van der Waals surface area contributed by atoms with Crippen LogP contribution in [0, 0.1) is 5.92 Å². The summed E-state index contributed by atoms with van der Waals surface area (Å²) in [5.74, 6) is 0.152. The molecule has 0 bridgehead atoms. The molecule has 1 aromatic carbocycles. The number of esters is 1. The highest BCUT2D eigenvalue weighted by molar-refractivity contribution is 5.80. The average molecular weight is 291 g/mol. The number of amides is 1. The third-order valence-corrected chi connectivity index (χ3v) is 3.74. The number of nitrogens with zero attached hydrogens (tertiary/aromatic N) is 1. The van der Waals surface area contributed by atoms with Gasteiger partial charge in [0.25, 0.3) is 5.91 Å². The monoisotopic (exact) mass is 291 g/mol. The van der Waals surface area contributed by atoms with Crippen molar-refractivity contribution in [2.45, 2.75) is 19.8 Å². The van der Waals surface area contributed by atoms with E-state index >= 15 is 0 Å². The topological polar surface area (TPSA) is 55.8 Å². The van der Waals surface area contributed by atoms with Crippen molar-refractivity contribution in [1.29, 1.82) is 0 Å². The number of benzene rings is 1. The summed E-state index contributed by atoms with van der Waals surface area (Å²) >= 11 is 0. The Hall–Kier alpha value is -2.04. The van der Waals surface area contributed by atoms with E-state index in [1.807, 2.05) is 24.3 Å². The number of carbonyl (C=O) groups is 2. The SMILES string of the molecule is CCc1cccc(OCC(=O)N2CCC(C(=O)OC)C2)c1. The Balaban J connectivity index is 1.83. The molecule has 1 unspecified atom stereocenters. The molecule has 0 N–H and O–H groups in total. The van der Waals surface area contributed by atoms with Gasteiger partial charge in [0, 0.05) is 13.1 Å². The van der Waals surface area contributed by atoms with Crippen LogP contribution < -0.4 is 4.74 Å². The molecule has 5 heteroatoms. The molecule has 1 atom stereocenters. The van der Waals surface area contributed by atoms with Crippen LogP contribution in [-0.2, 0) is 20.7 Å². The van der Waals surface area contributed by atoms with Crippen LogP contribution in [0.15, 0.2) is 24.3 Å². The van der Waals surface area contributed by atoms with Crippen LogP contribution in [0.1, 0.15) is 18.9 Å². The molecule has 0 saturated carbocycles. The van der Waals surface area contributed by atoms with Crippen LogP contribution in [0.25, 0.3) is 0 Å². The number of hydrogen-bond donors (Lipinski definition) is 0. The summed E-state index contributed by atoms with van der Waals surface area (Å²) in [6.07, 6.45) is 1.59. The molecular formula is C16H21NO4. The third-order valence-electron chi connectivity index (χ3n) is 3.74. The Morgan fingerprint density at radius 1 is 1.38 bits per heavy atom. The maximum absolute atomic E-state index is 12.1. The fourth-order valence-corrected chi connectivity index (χ4v) is 2.44. The number of aryl methyl sites for hydroxylation is 1. The van der Waals surface area contributed by atoms with Crippen LogP contribution in [0.3, 0.4) is 0 Å². The maximum atomic E-state index is 12.1. The van der Waals surface area contributed by atoms with E-state index in [-0.39, 0.29) is 24.4 Å². The minimum Gasteiger partial charge on any atom is -0.484 e. The lowest BCUT2D eigenvalue weighted by atomic mass is 10.1. The molecule has 5 nitrogen and oxygen atoms in total. The fraction of sp³-hybridized carbons (Fsp3) is 0.500. The Labute approximate surface area is 124 Å². The zero-order chi connectivity index (χ0) is 15.2. The van der Waals surface area contributed by atoms with Crippen LogP contribution in [0.2, 0.25) is 0 Å². The lowest BCUT2D eigenvalue weighted by Crippen LogP contribution is -2.34. The smallest absolute Gasteiger partial charge is 0.310 e. The number of rotatable bonds is 5. The molecule has 21 heavy (non-hydrogen) atoms. The molecule has 0 aliphatic carbocycles. The van der Waals surface area contributed by atoms with E-state index in [1.54, 1.807) is 4.90 Å². The van der Waals surface area contributed by atoms with Crippen molar-refractivity contribution in [2.24, 2.45) is 5.92 Å². The lowest BCUT2D eigenvalue weighted by molar-refractivity contribution is -0.145. The van der Waals surface area contributed by atoms with Gasteiger partial charge in [-0.25, -0.2) is 0 Å². The number of carbonyl (C=O) groups excluding carboxylic acids is 2. The van der Waals surface area contributed by atoms with Gasteiger partial charge in [0.05, 0.1) is 13.0 Å². The first-order valence-electron chi connectivity index (χ1n) is 7.21. The predicted molar refractivity (Wildman–Crippen MR) is 78.0 cm³/mol. The van der Waals surface area contributed by atoms with E-state index in [0.29, 0.717) is 25.3 Å². The summed E-state index contributed by atoms with van der Waals surface area (Å²) in [6.45, 7) is 3.07. The maximum Gasteiger partial charge on any atom is 0.310 e. The van der Waals surface area contributed by atoms with Crippen molar-refractivity contribution in [2.75, 3.05) is 26.8 Å². The van der Waals surface area contributed by atoms with Gasteiger partial charge in [-0.15, -0.1) is 0 Å². The highest BCUT2D eigenvalue weighted by Crippen LogP contribution is 2.18. The second-order valence-electron chi connectivity index (χ2n) is 5.14. The van der Waals surface area contributed by atoms with Crippen LogP contribution >= 0.6 is 0 Å². The van der Waals surface area contributed by atoms with Gasteiger partial charge in [-0.1, -0.05) is 19.1 Å². The molecule has 0 spiro atoms. The highest BCUT2D eigenvalue weighted by atomic mass is 16.5. The van der Waals surface area contributed by atoms with Gasteiger partial charge in [-0.2, -0.15) is 0 Å². The molecule has 0 radical (unpaired) electrons. The molecule has 2 rings (SSSR count). The molecule has 1 aromatic rings. The van der Waals surface area contributed by atoms with Gasteiger partial charge in [-0.3, -0.25) is 9.59 Å². The Morgan fingerprint density at radius 2 is 2.19 bits per heavy atom. The van der Waals surface area contributed by atoms with Gasteiger partial charge in [0.2, 0.25) is 0 Å². The lowest BCUT2D eigenvalue weighted by Gasteiger charge is -2.16. The van der Waals surface area contributed by atoms with Crippen LogP contribution in [0.4, 0.5) is 0 Å². The number of methoxy groups -OCH3 is 1. The molecule has 0 aromatic heterocycles. The Bertz CT molecular complexity index is 515. The fourth-order valence-electron chi connectivity index (χ4n) is 2.44. The minimum absolute atomic E-state index is 0.00105. The van der Waals surface area contributed by atoms with Crippen molar-refractivity contribution in [3.05, 3.63) is 29.8 Å². The molecule has 1 fully saturated rings. The molecule has 1 heterocycles. The van der Waals surface area contributed by atoms with Crippen molar-refractivity contribution in [3.8, 4) is 5.75 Å². The van der Waals surface area contributed by atoms with E-state index in [0.717, 1.165) is 6.42 Å². The van der Waals surface area contributed by atoms with Crippen LogP contribution in [0.5, 0.6) is 5.75 Å². The van der Waals surface area contributed by atoms with E-state index in [2.05, 4.69) is 6.92 Å². The molecule has 1 aliphatic rings. The first kappa shape index (κ1) is 15.4. The second-order valence-corrected chi connectivity index (χ2v) is 5.14. The van der Waals surface area contributed by atoms with Crippen molar-refractivity contribution < 1.29 is 19.1 Å². The normalized spacial score (nSPS) is 17.6. The summed E-state index contributed by atoms with van der Waals surface area (Å²) in [6, 6.07) is 7.72. The van der Waals surface area contributed by atoms with E-state index in [1.165, 1.54) is 12.7 Å². The summed E-state index contributed by atoms with van der Waals surface area (Å²) < 4.78 is 10.2. The van der Waals surface area contributed by atoms with Crippen molar-refractivity contribution in [3.63, 3.8) is 0 Å². The first-order valence-corrected chi connectivity index (χ1v) is 7.21. The standard InChI is InChI=1S/C16H21NO4/c1-3-12-5-4-6-14(9-12)21-11-15(18)17-8-7-13(10-17)16(19)20-2/h4-6,9,13H,3,7-8,10-11H2,1-2H3. The molecule has 1 saturated heterocycles. The highest BCUT2D eigenvalue weighted by Gasteiger charge is 2.31. The zero-order valence-electron chi connectivity index (χ0n) is 12.5. The predicted octanol–water partition coefficient (Wildman–Crippen LogP) is 1.65. The summed E-state index contributed by atoms with van der Waals surface area (Å²) in [4.78, 5) is 25.2. The van der Waals surface area contributed by atoms with E-state index in [9.17, 15) is 9.59 Å². The Morgan fingerprint density at radius 3 is 2.90 bits per heavy atom. The van der Waals surface area contributed by atoms with Gasteiger partial charge in [-0.05, 0) is 30.5 Å². The van der Waals surface area contributed by atoms with Gasteiger partial charge in [0.1, 0.15) is 5.75 Å². The van der Waals surface area contributed by atoms with Gasteiger partial charge >= 0.3 is 5.97 Å². The molecule has 1 amide bonds. The van der Waals surface area contributed by atoms with Crippen molar-refractivity contribution >= 4 is 11.9 Å². The first-order chi connectivity index (χ1) is 10.1. The quantitative estimate of drug-likeness (QED) is 0.774. The third kappa shape index (κ3) is 3.97. The Kier molecular flexibility index (Phi) is 5.20. The van der Waals surface area contributed by atoms with Gasteiger partial charge in [0.15, 0.2) is 6.61 Å². The number of ether oxygens (including phenoxy) is 2. The van der Waals surface area contributed by atoms with E-state index in [4.69, 9.17) is 9.47 Å². The largest absolute Gasteiger partial charge is 0.484 e. The number of likely N-dealkylation sites (tertiary alicyclic amines) is 1. The molecule has 1 aliphatic heterocycles. The van der Waals surface area contributed by atoms with Crippen LogP contribution in [-0.4, -0.2) is 43.6 Å². The molecular weight excluding hydrogens is 270 g/mol. The van der Waals surface area contributed by atoms with Gasteiger partial charge < -0.3 is 14.4 Å². The summed E-state index contributed by atoms with van der Waals surface area (Å²) in [7, 11) is 1.37. The summed E-state index contributed by atoms with van der Waals surface area (Å²) in [5, 5.41) is 0. The minimum atomic E-state index is -0.248. The second kappa shape index (κ2) is 7.11. The molecule has 114 valence electrons. The number of hydrogen-bond acceptors (Lipinski definition) is 4. The summed E-state index contributed by atoms with van der Waals surface area (Å²) in [5.41, 5.74) is 1.17. The van der Waals surface area contributed by atoms with E-state index < -0.39 is 0 Å². The average Bonchev–Trinajstić information content (AvgIpc) is 3.02. The van der Waals surface area contributed by atoms with Crippen molar-refractivity contribution in [1.82, 2.24) is 4.90 Å². The zero-order valence-corrected chi connectivity index (χ0v) is 12.5.